The fourth-order valence-electron chi connectivity index (χ4n) is 9.28. The Hall–Kier alpha value is -0.900. The summed E-state index contributed by atoms with van der Waals surface area (Å²) < 4.78 is 0. The van der Waals surface area contributed by atoms with Gasteiger partial charge in [-0.05, 0) is 93.3 Å². The van der Waals surface area contributed by atoms with Crippen LogP contribution in [0.15, 0.2) is 0 Å². The Morgan fingerprint density at radius 1 is 0.917 bits per heavy atom. The predicted octanol–water partition coefficient (Wildman–Crippen LogP) is 7.32. The number of rotatable bonds is 11. The van der Waals surface area contributed by atoms with Crippen LogP contribution in [0, 0.1) is 34.5 Å². The van der Waals surface area contributed by atoms with Crippen LogP contribution in [0.4, 0.5) is 0 Å². The van der Waals surface area contributed by atoms with Crippen molar-refractivity contribution in [2.45, 2.75) is 142 Å². The van der Waals surface area contributed by atoms with Crippen LogP contribution in [0.5, 0.6) is 0 Å². The van der Waals surface area contributed by atoms with Gasteiger partial charge in [-0.2, -0.15) is 0 Å². The van der Waals surface area contributed by atoms with Crippen LogP contribution >= 0.6 is 0 Å². The number of amides is 1. The number of hydrogen-bond acceptors (Lipinski definition) is 3. The van der Waals surface area contributed by atoms with E-state index in [9.17, 15) is 14.7 Å². The van der Waals surface area contributed by atoms with Gasteiger partial charge in [-0.15, -0.1) is 0 Å². The summed E-state index contributed by atoms with van der Waals surface area (Å²) in [5.74, 6) is 3.29. The molecule has 0 aromatic heterocycles. The molecule has 7 atom stereocenters. The van der Waals surface area contributed by atoms with Crippen LogP contribution < -0.4 is 0 Å². The van der Waals surface area contributed by atoms with Crippen molar-refractivity contribution in [1.29, 1.82) is 0 Å². The molecule has 4 fully saturated rings. The van der Waals surface area contributed by atoms with Crippen LogP contribution in [-0.4, -0.2) is 40.4 Å². The van der Waals surface area contributed by atoms with Gasteiger partial charge in [0.15, 0.2) is 0 Å². The molecule has 1 unspecified atom stereocenters. The predicted molar refractivity (Wildman–Crippen MR) is 147 cm³/mol. The summed E-state index contributed by atoms with van der Waals surface area (Å²) in [4.78, 5) is 27.9. The first-order chi connectivity index (χ1) is 17.2. The lowest BCUT2D eigenvalue weighted by Crippen LogP contribution is -2.58. The lowest BCUT2D eigenvalue weighted by atomic mass is 9.44. The van der Waals surface area contributed by atoms with E-state index >= 15 is 0 Å². The van der Waals surface area contributed by atoms with E-state index < -0.39 is 5.60 Å². The van der Waals surface area contributed by atoms with Crippen molar-refractivity contribution < 1.29 is 14.7 Å². The molecular weight excluding hydrogens is 446 g/mol. The molecule has 0 spiro atoms. The van der Waals surface area contributed by atoms with Crippen LogP contribution in [0.3, 0.4) is 0 Å². The molecule has 0 radical (unpaired) electrons. The summed E-state index contributed by atoms with van der Waals surface area (Å²) in [5.41, 5.74) is -0.523. The molecule has 0 heterocycles. The lowest BCUT2D eigenvalue weighted by Gasteiger charge is -2.61. The quantitative estimate of drug-likeness (QED) is 0.302. The molecule has 4 aliphatic rings. The monoisotopic (exact) mass is 501 g/mol. The number of carbonyl (C=O) groups is 2. The molecule has 0 saturated heterocycles. The van der Waals surface area contributed by atoms with E-state index in [0.717, 1.165) is 64.3 Å². The van der Waals surface area contributed by atoms with Crippen molar-refractivity contribution in [3.63, 3.8) is 0 Å². The first kappa shape index (κ1) is 28.1. The highest BCUT2D eigenvalue weighted by atomic mass is 16.3. The van der Waals surface area contributed by atoms with Crippen LogP contribution in [0.2, 0.25) is 0 Å². The Morgan fingerprint density at radius 2 is 1.67 bits per heavy atom. The van der Waals surface area contributed by atoms with Crippen LogP contribution in [0.1, 0.15) is 137 Å². The molecule has 4 heteroatoms. The molecule has 36 heavy (non-hydrogen) atoms. The maximum atomic E-state index is 13.1. The molecule has 1 N–H and O–H groups in total. The Kier molecular flexibility index (Phi) is 8.95. The van der Waals surface area contributed by atoms with Gasteiger partial charge in [-0.25, -0.2) is 0 Å². The van der Waals surface area contributed by atoms with E-state index in [4.69, 9.17) is 0 Å². The van der Waals surface area contributed by atoms with Gasteiger partial charge in [-0.3, -0.25) is 9.59 Å². The highest BCUT2D eigenvalue weighted by molar-refractivity contribution is 5.87. The van der Waals surface area contributed by atoms with Crippen molar-refractivity contribution in [3.8, 4) is 0 Å². The molecule has 4 nitrogen and oxygen atoms in total. The zero-order valence-corrected chi connectivity index (χ0v) is 24.0. The first-order valence-electron chi connectivity index (χ1n) is 15.7. The number of fused-ring (bicyclic) bond motifs is 5. The molecule has 4 rings (SSSR count). The third kappa shape index (κ3) is 5.45. The summed E-state index contributed by atoms with van der Waals surface area (Å²) in [6.07, 6.45) is 17.9. The lowest BCUT2D eigenvalue weighted by molar-refractivity contribution is -0.161. The molecule has 4 saturated carbocycles. The zero-order valence-electron chi connectivity index (χ0n) is 24.0. The van der Waals surface area contributed by atoms with E-state index in [1.165, 1.54) is 44.9 Å². The molecule has 206 valence electrons. The van der Waals surface area contributed by atoms with Gasteiger partial charge < -0.3 is 10.0 Å². The standard InChI is InChI=1S/C32H55NO3/c1-5-7-9-10-11-21-33(29(35)12-8-6-2)23-32(36)20-19-30(3)24(22-32)13-14-25-26-15-16-28(34)31(26,4)18-17-27(25)30/h24-27,36H,5-23H2,1-4H3/t24?,25-,26-,27-,30-,31-,32+/m0/s1. The second-order valence-electron chi connectivity index (χ2n) is 13.8. The van der Waals surface area contributed by atoms with Gasteiger partial charge in [0.25, 0.3) is 0 Å². The van der Waals surface area contributed by atoms with E-state index in [1.807, 2.05) is 4.90 Å². The van der Waals surface area contributed by atoms with E-state index in [-0.39, 0.29) is 16.7 Å². The van der Waals surface area contributed by atoms with Crippen molar-refractivity contribution >= 4 is 11.7 Å². The summed E-state index contributed by atoms with van der Waals surface area (Å²) in [7, 11) is 0. The fourth-order valence-corrected chi connectivity index (χ4v) is 9.28. The number of Topliss-reactive ketones (excluding diaryl/α,β-unsaturated/α-hetero) is 1. The average molecular weight is 502 g/mol. The van der Waals surface area contributed by atoms with Gasteiger partial charge in [-0.1, -0.05) is 59.8 Å². The topological polar surface area (TPSA) is 57.6 Å². The van der Waals surface area contributed by atoms with E-state index in [2.05, 4.69) is 27.7 Å². The van der Waals surface area contributed by atoms with Gasteiger partial charge in [0.1, 0.15) is 5.78 Å². The van der Waals surface area contributed by atoms with E-state index in [0.29, 0.717) is 42.4 Å². The summed E-state index contributed by atoms with van der Waals surface area (Å²) >= 11 is 0. The van der Waals surface area contributed by atoms with E-state index in [1.54, 1.807) is 0 Å². The first-order valence-corrected chi connectivity index (χ1v) is 15.7. The minimum Gasteiger partial charge on any atom is -0.388 e. The maximum Gasteiger partial charge on any atom is 0.222 e. The van der Waals surface area contributed by atoms with Crippen molar-refractivity contribution in [3.05, 3.63) is 0 Å². The molecule has 4 aliphatic carbocycles. The van der Waals surface area contributed by atoms with Crippen molar-refractivity contribution in [1.82, 2.24) is 4.90 Å². The van der Waals surface area contributed by atoms with Gasteiger partial charge in [0.2, 0.25) is 5.91 Å². The second kappa shape index (κ2) is 11.5. The largest absolute Gasteiger partial charge is 0.388 e. The third-order valence-electron chi connectivity index (χ3n) is 11.6. The fraction of sp³-hybridized carbons (Fsp3) is 0.938. The van der Waals surface area contributed by atoms with Gasteiger partial charge in [0.05, 0.1) is 5.60 Å². The highest BCUT2D eigenvalue weighted by Gasteiger charge is 2.61. The maximum absolute atomic E-state index is 13.1. The Bertz CT molecular complexity index is 781. The molecule has 0 aromatic carbocycles. The number of hydrogen-bond donors (Lipinski definition) is 1. The van der Waals surface area contributed by atoms with Gasteiger partial charge >= 0.3 is 0 Å². The number of ketones is 1. The molecule has 1 amide bonds. The normalized spacial score (nSPS) is 39.9. The molecule has 0 bridgehead atoms. The summed E-state index contributed by atoms with van der Waals surface area (Å²) in [6.45, 7) is 10.5. The summed E-state index contributed by atoms with van der Waals surface area (Å²) in [6, 6.07) is 0. The Labute approximate surface area is 221 Å². The average Bonchev–Trinajstić information content (AvgIpc) is 3.16. The van der Waals surface area contributed by atoms with Crippen molar-refractivity contribution in [2.24, 2.45) is 34.5 Å². The van der Waals surface area contributed by atoms with Gasteiger partial charge in [0, 0.05) is 31.3 Å². The Morgan fingerprint density at radius 3 is 2.42 bits per heavy atom. The third-order valence-corrected chi connectivity index (χ3v) is 11.6. The van der Waals surface area contributed by atoms with Crippen LogP contribution in [0.25, 0.3) is 0 Å². The Balaban J connectivity index is 1.41. The SMILES string of the molecule is CCCCCCCN(C[C@@]1(O)CC[C@@]2(C)C(CC[C@@H]3[C@@H]2CC[C@]2(C)C(=O)CC[C@@H]32)C1)C(=O)CCCC. The minimum absolute atomic E-state index is 0.0593. The molecular formula is C32H55NO3. The van der Waals surface area contributed by atoms with Crippen LogP contribution in [-0.2, 0) is 9.59 Å². The smallest absolute Gasteiger partial charge is 0.222 e. The van der Waals surface area contributed by atoms with Crippen molar-refractivity contribution in [2.75, 3.05) is 13.1 Å². The number of unbranched alkanes of at least 4 members (excludes halogenated alkanes) is 5. The number of nitrogens with zero attached hydrogens (tertiary/aromatic N) is 1. The summed E-state index contributed by atoms with van der Waals surface area (Å²) in [5, 5.41) is 11.9. The minimum atomic E-state index is -0.741. The second-order valence-corrected chi connectivity index (χ2v) is 13.8. The molecule has 0 aromatic rings. The number of aliphatic hydroxyl groups is 1. The zero-order chi connectivity index (χ0) is 26.0. The number of carbonyl (C=O) groups excluding carboxylic acids is 2. The molecule has 0 aliphatic heterocycles. The highest BCUT2D eigenvalue weighted by Crippen LogP contribution is 2.66.